The van der Waals surface area contributed by atoms with Crippen molar-refractivity contribution in [2.75, 3.05) is 26.7 Å². The highest BCUT2D eigenvalue weighted by atomic mass is 35.5. The Balaban J connectivity index is 0.00000220. The third-order valence-electron chi connectivity index (χ3n) is 3.90. The van der Waals surface area contributed by atoms with E-state index in [0.29, 0.717) is 34.5 Å². The lowest BCUT2D eigenvalue weighted by Crippen LogP contribution is -2.40. The first-order valence-corrected chi connectivity index (χ1v) is 8.68. The Bertz CT molecular complexity index is 570. The van der Waals surface area contributed by atoms with Gasteiger partial charge in [-0.15, -0.1) is 12.4 Å². The molecule has 1 saturated heterocycles. The average Bonchev–Trinajstić information content (AvgIpc) is 2.42. The van der Waals surface area contributed by atoms with Crippen molar-refractivity contribution in [1.82, 2.24) is 9.62 Å². The van der Waals surface area contributed by atoms with Crippen LogP contribution in [0.4, 0.5) is 0 Å². The van der Waals surface area contributed by atoms with E-state index >= 15 is 0 Å². The van der Waals surface area contributed by atoms with Gasteiger partial charge in [-0.1, -0.05) is 17.7 Å². The Morgan fingerprint density at radius 2 is 1.95 bits per heavy atom. The number of hydrogen-bond donors (Lipinski definition) is 1. The van der Waals surface area contributed by atoms with Crippen molar-refractivity contribution in [2.24, 2.45) is 5.92 Å². The predicted molar refractivity (Wildman–Crippen MR) is 88.8 cm³/mol. The summed E-state index contributed by atoms with van der Waals surface area (Å²) in [6.45, 7) is 3.87. The number of sulfonamides is 1. The van der Waals surface area contributed by atoms with Gasteiger partial charge in [0.1, 0.15) is 0 Å². The number of piperidine rings is 1. The maximum atomic E-state index is 12.7. The number of benzene rings is 1. The van der Waals surface area contributed by atoms with Gasteiger partial charge in [-0.25, -0.2) is 8.42 Å². The highest BCUT2D eigenvalue weighted by Crippen LogP contribution is 2.28. The largest absolute Gasteiger partial charge is 0.319 e. The Morgan fingerprint density at radius 1 is 1.33 bits per heavy atom. The molecule has 1 aromatic carbocycles. The second kappa shape index (κ2) is 7.79. The van der Waals surface area contributed by atoms with Crippen LogP contribution in [-0.2, 0) is 10.0 Å². The summed E-state index contributed by atoms with van der Waals surface area (Å²) in [6, 6.07) is 5.04. The first kappa shape index (κ1) is 18.7. The molecular weight excluding hydrogens is 331 g/mol. The molecule has 0 amide bonds. The fourth-order valence-corrected chi connectivity index (χ4v) is 4.60. The molecule has 0 unspecified atom stereocenters. The van der Waals surface area contributed by atoms with E-state index in [2.05, 4.69) is 5.32 Å². The van der Waals surface area contributed by atoms with Gasteiger partial charge >= 0.3 is 0 Å². The fourth-order valence-electron chi connectivity index (χ4n) is 2.65. The van der Waals surface area contributed by atoms with Gasteiger partial charge in [-0.3, -0.25) is 0 Å². The van der Waals surface area contributed by atoms with Crippen LogP contribution in [0.1, 0.15) is 18.4 Å². The van der Waals surface area contributed by atoms with E-state index in [1.54, 1.807) is 29.4 Å². The van der Waals surface area contributed by atoms with Crippen LogP contribution in [0.25, 0.3) is 0 Å². The van der Waals surface area contributed by atoms with Gasteiger partial charge in [0.15, 0.2) is 0 Å². The summed E-state index contributed by atoms with van der Waals surface area (Å²) in [5.74, 6) is 0.562. The molecule has 0 atom stereocenters. The smallest absolute Gasteiger partial charge is 0.243 e. The Hall–Kier alpha value is -0.330. The molecule has 120 valence electrons. The normalized spacial score (nSPS) is 17.5. The molecule has 1 aromatic rings. The average molecular weight is 353 g/mol. The van der Waals surface area contributed by atoms with E-state index in [4.69, 9.17) is 11.6 Å². The molecule has 0 bridgehead atoms. The monoisotopic (exact) mass is 352 g/mol. The van der Waals surface area contributed by atoms with Crippen LogP contribution in [0.3, 0.4) is 0 Å². The molecule has 0 saturated carbocycles. The van der Waals surface area contributed by atoms with Crippen molar-refractivity contribution in [3.63, 3.8) is 0 Å². The summed E-state index contributed by atoms with van der Waals surface area (Å²) in [5, 5.41) is 3.65. The molecule has 1 fully saturated rings. The minimum absolute atomic E-state index is 0. The van der Waals surface area contributed by atoms with Crippen molar-refractivity contribution >= 4 is 34.0 Å². The minimum Gasteiger partial charge on any atom is -0.319 e. The van der Waals surface area contributed by atoms with Gasteiger partial charge in [-0.05, 0) is 57.0 Å². The maximum absolute atomic E-state index is 12.7. The quantitative estimate of drug-likeness (QED) is 0.906. The fraction of sp³-hybridized carbons (Fsp3) is 0.571. The molecule has 0 spiro atoms. The van der Waals surface area contributed by atoms with Crippen molar-refractivity contribution in [3.8, 4) is 0 Å². The minimum atomic E-state index is -3.43. The van der Waals surface area contributed by atoms with E-state index in [0.717, 1.165) is 19.4 Å². The van der Waals surface area contributed by atoms with Gasteiger partial charge in [0, 0.05) is 18.1 Å². The molecule has 0 aliphatic carbocycles. The summed E-state index contributed by atoms with van der Waals surface area (Å²) in [6.07, 6.45) is 1.80. The molecular formula is C14H22Cl2N2O2S. The van der Waals surface area contributed by atoms with Gasteiger partial charge in [-0.2, -0.15) is 4.31 Å². The van der Waals surface area contributed by atoms with Crippen molar-refractivity contribution < 1.29 is 8.42 Å². The van der Waals surface area contributed by atoms with Crippen molar-refractivity contribution in [3.05, 3.63) is 28.8 Å². The zero-order valence-corrected chi connectivity index (χ0v) is 14.7. The molecule has 1 N–H and O–H groups in total. The Kier molecular flexibility index (Phi) is 6.94. The molecule has 1 heterocycles. The number of nitrogens with one attached hydrogen (secondary N) is 1. The number of halogens is 2. The third kappa shape index (κ3) is 4.11. The highest BCUT2D eigenvalue weighted by molar-refractivity contribution is 7.89. The van der Waals surface area contributed by atoms with Crippen LogP contribution >= 0.6 is 24.0 Å². The molecule has 7 heteroatoms. The standard InChI is InChI=1S/C14H21ClN2O2S.ClH/c1-11-13(15)4-3-5-14(11)20(18,19)17-8-6-12(7-9-17)10-16-2;/h3-5,12,16H,6-10H2,1-2H3;1H. The molecule has 1 aliphatic heterocycles. The molecule has 1 aliphatic rings. The van der Waals surface area contributed by atoms with Crippen molar-refractivity contribution in [2.45, 2.75) is 24.7 Å². The second-order valence-corrected chi connectivity index (χ2v) is 7.58. The molecule has 0 aromatic heterocycles. The lowest BCUT2D eigenvalue weighted by molar-refractivity contribution is 0.270. The van der Waals surface area contributed by atoms with E-state index in [1.807, 2.05) is 7.05 Å². The van der Waals surface area contributed by atoms with Gasteiger partial charge in [0.25, 0.3) is 0 Å². The lowest BCUT2D eigenvalue weighted by atomic mass is 9.98. The highest BCUT2D eigenvalue weighted by Gasteiger charge is 2.30. The maximum Gasteiger partial charge on any atom is 0.243 e. The third-order valence-corrected chi connectivity index (χ3v) is 6.35. The first-order valence-electron chi connectivity index (χ1n) is 6.86. The SMILES string of the molecule is CNCC1CCN(S(=O)(=O)c2cccc(Cl)c2C)CC1.Cl. The first-order chi connectivity index (χ1) is 9.46. The Labute approximate surface area is 138 Å². The summed E-state index contributed by atoms with van der Waals surface area (Å²) in [7, 11) is -1.50. The van der Waals surface area contributed by atoms with Gasteiger partial charge in [0.05, 0.1) is 4.90 Å². The second-order valence-electron chi connectivity index (χ2n) is 5.27. The number of rotatable bonds is 4. The van der Waals surface area contributed by atoms with E-state index in [-0.39, 0.29) is 12.4 Å². The molecule has 0 radical (unpaired) electrons. The number of nitrogens with zero attached hydrogens (tertiary/aromatic N) is 1. The molecule has 21 heavy (non-hydrogen) atoms. The summed E-state index contributed by atoms with van der Waals surface area (Å²) in [5.41, 5.74) is 0.631. The topological polar surface area (TPSA) is 49.4 Å². The molecule has 4 nitrogen and oxygen atoms in total. The van der Waals surface area contributed by atoms with Crippen LogP contribution in [0.15, 0.2) is 23.1 Å². The summed E-state index contributed by atoms with van der Waals surface area (Å²) < 4.78 is 26.9. The van der Waals surface area contributed by atoms with Crippen LogP contribution in [0, 0.1) is 12.8 Å². The predicted octanol–water partition coefficient (Wildman–Crippen LogP) is 2.69. The molecule has 2 rings (SSSR count). The van der Waals surface area contributed by atoms with Crippen LogP contribution < -0.4 is 5.32 Å². The van der Waals surface area contributed by atoms with Crippen LogP contribution in [0.5, 0.6) is 0 Å². The van der Waals surface area contributed by atoms with Crippen LogP contribution in [0.2, 0.25) is 5.02 Å². The van der Waals surface area contributed by atoms with Gasteiger partial charge < -0.3 is 5.32 Å². The number of hydrogen-bond acceptors (Lipinski definition) is 3. The van der Waals surface area contributed by atoms with Gasteiger partial charge in [0.2, 0.25) is 10.0 Å². The summed E-state index contributed by atoms with van der Waals surface area (Å²) >= 11 is 6.03. The Morgan fingerprint density at radius 3 is 2.52 bits per heavy atom. The van der Waals surface area contributed by atoms with Crippen molar-refractivity contribution in [1.29, 1.82) is 0 Å². The lowest BCUT2D eigenvalue weighted by Gasteiger charge is -2.31. The zero-order chi connectivity index (χ0) is 14.8. The van der Waals surface area contributed by atoms with E-state index in [9.17, 15) is 8.42 Å². The zero-order valence-electron chi connectivity index (χ0n) is 12.3. The summed E-state index contributed by atoms with van der Waals surface area (Å²) in [4.78, 5) is 0.331. The van der Waals surface area contributed by atoms with E-state index < -0.39 is 10.0 Å². The van der Waals surface area contributed by atoms with Crippen LogP contribution in [-0.4, -0.2) is 39.4 Å². The van der Waals surface area contributed by atoms with E-state index in [1.165, 1.54) is 0 Å².